The molecule has 2 aromatic heterocycles. The normalized spacial score (nSPS) is 19.0. The first-order valence-electron chi connectivity index (χ1n) is 10.5. The number of morpholine rings is 1. The number of H-pyrrole nitrogens is 1. The minimum atomic E-state index is -3.63. The summed E-state index contributed by atoms with van der Waals surface area (Å²) in [6.45, 7) is 2.61. The van der Waals surface area contributed by atoms with Crippen molar-refractivity contribution >= 4 is 49.1 Å². The summed E-state index contributed by atoms with van der Waals surface area (Å²) in [5.41, 5.74) is 1.21. The summed E-state index contributed by atoms with van der Waals surface area (Å²) in [7, 11) is -3.63. The van der Waals surface area contributed by atoms with Crippen LogP contribution in [0.15, 0.2) is 35.4 Å². The van der Waals surface area contributed by atoms with E-state index < -0.39 is 10.0 Å². The number of carbonyl (C=O) groups is 1. The van der Waals surface area contributed by atoms with Gasteiger partial charge in [0.15, 0.2) is 0 Å². The van der Waals surface area contributed by atoms with Gasteiger partial charge in [-0.25, -0.2) is 13.4 Å². The highest BCUT2D eigenvalue weighted by Gasteiger charge is 2.30. The molecule has 0 radical (unpaired) electrons. The van der Waals surface area contributed by atoms with Gasteiger partial charge in [-0.1, -0.05) is 11.6 Å². The van der Waals surface area contributed by atoms with E-state index in [1.54, 1.807) is 16.2 Å². The Balaban J connectivity index is 1.24. The van der Waals surface area contributed by atoms with Crippen LogP contribution < -0.4 is 0 Å². The first-order chi connectivity index (χ1) is 15.4. The monoisotopic (exact) mass is 494 g/mol. The van der Waals surface area contributed by atoms with Crippen LogP contribution in [0.2, 0.25) is 5.02 Å². The molecule has 2 saturated heterocycles. The zero-order valence-corrected chi connectivity index (χ0v) is 19.7. The summed E-state index contributed by atoms with van der Waals surface area (Å²) in [6.07, 6.45) is 3.04. The second-order valence-corrected chi connectivity index (χ2v) is 11.4. The quantitative estimate of drug-likeness (QED) is 0.600. The molecule has 0 bridgehead atoms. The zero-order valence-electron chi connectivity index (χ0n) is 17.3. The van der Waals surface area contributed by atoms with E-state index in [1.807, 2.05) is 18.2 Å². The van der Waals surface area contributed by atoms with Crippen LogP contribution >= 0.6 is 22.9 Å². The number of halogens is 1. The number of hydrogen-bond donors (Lipinski definition) is 1. The van der Waals surface area contributed by atoms with E-state index in [-0.39, 0.29) is 10.8 Å². The third kappa shape index (κ3) is 4.17. The highest BCUT2D eigenvalue weighted by Crippen LogP contribution is 2.35. The number of nitrogens with zero attached hydrogens (tertiary/aromatic N) is 3. The van der Waals surface area contributed by atoms with Gasteiger partial charge >= 0.3 is 0 Å². The van der Waals surface area contributed by atoms with Gasteiger partial charge in [0.1, 0.15) is 10.6 Å². The van der Waals surface area contributed by atoms with Gasteiger partial charge in [-0.2, -0.15) is 4.31 Å². The Bertz CT molecular complexity index is 1240. The van der Waals surface area contributed by atoms with E-state index in [0.29, 0.717) is 56.0 Å². The molecule has 0 unspecified atom stereocenters. The molecule has 1 amide bonds. The number of likely N-dealkylation sites (tertiary alicyclic amines) is 1. The fourth-order valence-corrected chi connectivity index (χ4v) is 6.86. The highest BCUT2D eigenvalue weighted by molar-refractivity contribution is 7.89. The fraction of sp³-hybridized carbons (Fsp3) is 0.429. The predicted molar refractivity (Wildman–Crippen MR) is 123 cm³/mol. The van der Waals surface area contributed by atoms with Crippen LogP contribution in [0.4, 0.5) is 0 Å². The van der Waals surface area contributed by atoms with Crippen molar-refractivity contribution < 1.29 is 17.9 Å². The number of aromatic nitrogens is 2. The number of rotatable bonds is 4. The van der Waals surface area contributed by atoms with Crippen LogP contribution in [0.1, 0.15) is 34.3 Å². The number of fused-ring (bicyclic) bond motifs is 1. The number of benzene rings is 1. The van der Waals surface area contributed by atoms with Crippen molar-refractivity contribution in [1.82, 2.24) is 19.2 Å². The molecule has 1 aromatic carbocycles. The smallest absolute Gasteiger partial charge is 0.270 e. The van der Waals surface area contributed by atoms with Crippen LogP contribution in [-0.4, -0.2) is 72.9 Å². The molecule has 3 aromatic rings. The van der Waals surface area contributed by atoms with Gasteiger partial charge < -0.3 is 14.6 Å². The number of ether oxygens (including phenoxy) is 1. The maximum atomic E-state index is 13.0. The molecule has 0 spiro atoms. The van der Waals surface area contributed by atoms with Crippen molar-refractivity contribution in [3.05, 3.63) is 46.2 Å². The van der Waals surface area contributed by atoms with Gasteiger partial charge in [0.25, 0.3) is 5.91 Å². The van der Waals surface area contributed by atoms with Gasteiger partial charge in [0.05, 0.1) is 28.4 Å². The van der Waals surface area contributed by atoms with Crippen LogP contribution in [0.5, 0.6) is 0 Å². The molecule has 8 nitrogen and oxygen atoms in total. The third-order valence-electron chi connectivity index (χ3n) is 5.99. The first kappa shape index (κ1) is 21.8. The van der Waals surface area contributed by atoms with E-state index >= 15 is 0 Å². The number of aromatic amines is 1. The number of thiazole rings is 1. The molecular formula is C21H23ClN4O4S2. The molecule has 1 N–H and O–H groups in total. The summed E-state index contributed by atoms with van der Waals surface area (Å²) in [4.78, 5) is 22.5. The van der Waals surface area contributed by atoms with E-state index in [1.165, 1.54) is 16.6 Å². The molecule has 5 rings (SSSR count). The summed E-state index contributed by atoms with van der Waals surface area (Å²) in [6, 6.07) is 7.18. The van der Waals surface area contributed by atoms with Crippen LogP contribution in [0.3, 0.4) is 0 Å². The largest absolute Gasteiger partial charge is 0.379 e. The van der Waals surface area contributed by atoms with Crippen molar-refractivity contribution in [3.63, 3.8) is 0 Å². The molecule has 2 fully saturated rings. The van der Waals surface area contributed by atoms with Crippen molar-refractivity contribution in [3.8, 4) is 0 Å². The van der Waals surface area contributed by atoms with Gasteiger partial charge in [0, 0.05) is 43.3 Å². The second kappa shape index (κ2) is 8.75. The average molecular weight is 495 g/mol. The van der Waals surface area contributed by atoms with Crippen molar-refractivity contribution in [2.24, 2.45) is 0 Å². The maximum absolute atomic E-state index is 13.0. The molecular weight excluding hydrogens is 472 g/mol. The van der Waals surface area contributed by atoms with Gasteiger partial charge in [-0.05, 0) is 37.1 Å². The lowest BCUT2D eigenvalue weighted by atomic mass is 9.97. The Labute approximate surface area is 195 Å². The standard InChI is InChI=1S/C21H23ClN4O4S2/c22-15-1-2-19-17(11-15)24-20(31-19)14-3-5-25(6-4-14)21(27)18-12-16(13-23-18)32(28,29)26-7-9-30-10-8-26/h1-2,11-14,23H,3-10H2. The van der Waals surface area contributed by atoms with Crippen molar-refractivity contribution in [2.75, 3.05) is 39.4 Å². The molecule has 2 aliphatic heterocycles. The Hall–Kier alpha value is -1.98. The predicted octanol–water partition coefficient (Wildman–Crippen LogP) is 3.32. The van der Waals surface area contributed by atoms with Crippen LogP contribution in [0.25, 0.3) is 10.2 Å². The Morgan fingerprint density at radius 1 is 1.16 bits per heavy atom. The lowest BCUT2D eigenvalue weighted by Crippen LogP contribution is -2.40. The number of carbonyl (C=O) groups excluding carboxylic acids is 1. The summed E-state index contributed by atoms with van der Waals surface area (Å²) < 4.78 is 33.4. The number of hydrogen-bond acceptors (Lipinski definition) is 6. The Morgan fingerprint density at radius 3 is 2.66 bits per heavy atom. The minimum absolute atomic E-state index is 0.116. The summed E-state index contributed by atoms with van der Waals surface area (Å²) >= 11 is 7.75. The lowest BCUT2D eigenvalue weighted by molar-refractivity contribution is 0.0707. The molecule has 0 aliphatic carbocycles. The number of amides is 1. The summed E-state index contributed by atoms with van der Waals surface area (Å²) in [5.74, 6) is 0.124. The highest BCUT2D eigenvalue weighted by atomic mass is 35.5. The maximum Gasteiger partial charge on any atom is 0.270 e. The molecule has 32 heavy (non-hydrogen) atoms. The van der Waals surface area contributed by atoms with Crippen LogP contribution in [0, 0.1) is 0 Å². The summed E-state index contributed by atoms with van der Waals surface area (Å²) in [5, 5.41) is 1.75. The van der Waals surface area contributed by atoms with E-state index in [2.05, 4.69) is 4.98 Å². The fourth-order valence-electron chi connectivity index (χ4n) is 4.18. The SMILES string of the molecule is O=C(c1cc(S(=O)(=O)N2CCOCC2)c[nH]1)N1CCC(c2nc3cc(Cl)ccc3s2)CC1. The Morgan fingerprint density at radius 2 is 1.91 bits per heavy atom. The molecule has 0 atom stereocenters. The van der Waals surface area contributed by atoms with Gasteiger partial charge in [-0.15, -0.1) is 11.3 Å². The van der Waals surface area contributed by atoms with Crippen molar-refractivity contribution in [1.29, 1.82) is 0 Å². The first-order valence-corrected chi connectivity index (χ1v) is 13.2. The molecule has 11 heteroatoms. The van der Waals surface area contributed by atoms with E-state index in [0.717, 1.165) is 28.1 Å². The topological polar surface area (TPSA) is 95.6 Å². The zero-order chi connectivity index (χ0) is 22.3. The van der Waals surface area contributed by atoms with E-state index in [4.69, 9.17) is 21.3 Å². The molecule has 0 saturated carbocycles. The van der Waals surface area contributed by atoms with E-state index in [9.17, 15) is 13.2 Å². The number of nitrogens with one attached hydrogen (secondary N) is 1. The van der Waals surface area contributed by atoms with Gasteiger partial charge in [0.2, 0.25) is 10.0 Å². The minimum Gasteiger partial charge on any atom is -0.379 e. The second-order valence-electron chi connectivity index (χ2n) is 8.00. The Kier molecular flexibility index (Phi) is 5.98. The molecule has 4 heterocycles. The third-order valence-corrected chi connectivity index (χ3v) is 9.30. The average Bonchev–Trinajstić information content (AvgIpc) is 3.47. The van der Waals surface area contributed by atoms with Crippen molar-refractivity contribution in [2.45, 2.75) is 23.7 Å². The lowest BCUT2D eigenvalue weighted by Gasteiger charge is -2.30. The number of sulfonamides is 1. The van der Waals surface area contributed by atoms with Gasteiger partial charge in [-0.3, -0.25) is 4.79 Å². The van der Waals surface area contributed by atoms with Crippen LogP contribution in [-0.2, 0) is 14.8 Å². The molecule has 2 aliphatic rings. The molecule has 170 valence electrons. The number of piperidine rings is 1.